The number of hydrogen-bond acceptors (Lipinski definition) is 6. The Morgan fingerprint density at radius 1 is 1.06 bits per heavy atom. The van der Waals surface area contributed by atoms with Gasteiger partial charge < -0.3 is 4.74 Å². The molecule has 0 fully saturated rings. The van der Waals surface area contributed by atoms with Crippen LogP contribution in [0.2, 0.25) is 0 Å². The number of halogens is 1. The Morgan fingerprint density at radius 3 is 2.53 bits per heavy atom. The first-order valence-corrected chi connectivity index (χ1v) is 11.5. The maximum Gasteiger partial charge on any atom is 0.220 e. The van der Waals surface area contributed by atoms with Gasteiger partial charge in [-0.3, -0.25) is 14.7 Å². The molecule has 0 unspecified atom stereocenters. The third kappa shape index (κ3) is 5.79. The van der Waals surface area contributed by atoms with Crippen molar-refractivity contribution in [2.24, 2.45) is 0 Å². The van der Waals surface area contributed by atoms with Gasteiger partial charge in [0.2, 0.25) is 6.54 Å². The van der Waals surface area contributed by atoms with Crippen LogP contribution in [0, 0.1) is 29.8 Å². The molecule has 3 aromatic carbocycles. The van der Waals surface area contributed by atoms with E-state index in [0.29, 0.717) is 16.7 Å². The molecule has 0 aliphatic rings. The molecule has 0 aliphatic carbocycles. The molecule has 0 aliphatic heterocycles. The van der Waals surface area contributed by atoms with Crippen molar-refractivity contribution >= 4 is 11.8 Å². The van der Waals surface area contributed by atoms with Crippen LogP contribution in [0.3, 0.4) is 0 Å². The Morgan fingerprint density at radius 2 is 1.82 bits per heavy atom. The number of rotatable bonds is 9. The maximum atomic E-state index is 13.4. The van der Waals surface area contributed by atoms with Crippen LogP contribution in [0.25, 0.3) is 5.69 Å². The summed E-state index contributed by atoms with van der Waals surface area (Å²) in [7, 11) is 0. The van der Waals surface area contributed by atoms with Gasteiger partial charge in [-0.15, -0.1) is 10.2 Å². The molecule has 0 spiro atoms. The van der Waals surface area contributed by atoms with E-state index in [4.69, 9.17) is 4.74 Å². The molecule has 1 atom stereocenters. The molecule has 0 bridgehead atoms. The largest absolute Gasteiger partial charge is 0.489 e. The van der Waals surface area contributed by atoms with Crippen LogP contribution in [0.4, 0.5) is 4.39 Å². The first-order chi connectivity index (χ1) is 16.4. The number of ether oxygens (including phenoxy) is 1. The average Bonchev–Trinajstić information content (AvgIpc) is 3.17. The minimum absolute atomic E-state index is 0.225. The van der Waals surface area contributed by atoms with E-state index in [9.17, 15) is 14.5 Å². The smallest absolute Gasteiger partial charge is 0.220 e. The molecular formula is C25H23FN4O3S. The van der Waals surface area contributed by atoms with Crippen LogP contribution in [-0.4, -0.2) is 26.2 Å². The molecule has 0 saturated carbocycles. The van der Waals surface area contributed by atoms with Crippen molar-refractivity contribution in [3.8, 4) is 11.4 Å². The van der Waals surface area contributed by atoms with Crippen LogP contribution >= 0.6 is 11.8 Å². The molecule has 1 aromatic heterocycles. The number of nitrogens with zero attached hydrogens (tertiary/aromatic N) is 4. The summed E-state index contributed by atoms with van der Waals surface area (Å²) in [5.74, 6) is 0.982. The van der Waals surface area contributed by atoms with Gasteiger partial charge in [0.25, 0.3) is 0 Å². The highest BCUT2D eigenvalue weighted by Gasteiger charge is 2.24. The lowest BCUT2D eigenvalue weighted by Crippen LogP contribution is -2.11. The predicted molar refractivity (Wildman–Crippen MR) is 128 cm³/mol. The van der Waals surface area contributed by atoms with Gasteiger partial charge >= 0.3 is 0 Å². The van der Waals surface area contributed by atoms with Crippen molar-refractivity contribution in [1.82, 2.24) is 14.8 Å². The summed E-state index contributed by atoms with van der Waals surface area (Å²) in [6, 6.07) is 21.3. The molecule has 9 heteroatoms. The Balaban J connectivity index is 1.53. The van der Waals surface area contributed by atoms with E-state index in [1.165, 1.54) is 23.9 Å². The fourth-order valence-electron chi connectivity index (χ4n) is 3.53. The number of thioether (sulfide) groups is 1. The zero-order valence-corrected chi connectivity index (χ0v) is 19.5. The highest BCUT2D eigenvalue weighted by molar-refractivity contribution is 7.99. The highest BCUT2D eigenvalue weighted by atomic mass is 32.2. The summed E-state index contributed by atoms with van der Waals surface area (Å²) in [5.41, 5.74) is 3.50. The van der Waals surface area contributed by atoms with Crippen molar-refractivity contribution in [3.63, 3.8) is 0 Å². The van der Waals surface area contributed by atoms with E-state index in [1.54, 1.807) is 24.3 Å². The molecule has 0 saturated heterocycles. The normalized spacial score (nSPS) is 11.9. The fraction of sp³-hybridized carbons (Fsp3) is 0.200. The van der Waals surface area contributed by atoms with Crippen LogP contribution in [0.1, 0.15) is 27.8 Å². The van der Waals surface area contributed by atoms with E-state index < -0.39 is 5.25 Å². The van der Waals surface area contributed by atoms with Crippen LogP contribution < -0.4 is 4.74 Å². The van der Waals surface area contributed by atoms with Gasteiger partial charge in [0.15, 0.2) is 5.16 Å². The Hall–Kier alpha value is -3.72. The average molecular weight is 479 g/mol. The van der Waals surface area contributed by atoms with E-state index in [1.807, 2.05) is 54.8 Å². The van der Waals surface area contributed by atoms with Gasteiger partial charge in [-0.2, -0.15) is 0 Å². The zero-order chi connectivity index (χ0) is 24.1. The molecule has 7 nitrogen and oxygen atoms in total. The van der Waals surface area contributed by atoms with Crippen LogP contribution in [0.15, 0.2) is 78.0 Å². The second-order valence-electron chi connectivity index (χ2n) is 7.81. The van der Waals surface area contributed by atoms with Crippen LogP contribution in [-0.2, 0) is 6.61 Å². The topological polar surface area (TPSA) is 83.1 Å². The lowest BCUT2D eigenvalue weighted by molar-refractivity contribution is -0.479. The summed E-state index contributed by atoms with van der Waals surface area (Å²) in [6.45, 7) is 3.81. The number of hydrogen-bond donors (Lipinski definition) is 0. The number of benzene rings is 3. The van der Waals surface area contributed by atoms with Gasteiger partial charge in [-0.25, -0.2) is 4.39 Å². The molecule has 0 radical (unpaired) electrons. The second kappa shape index (κ2) is 10.5. The summed E-state index contributed by atoms with van der Waals surface area (Å²) in [6.07, 6.45) is 0. The van der Waals surface area contributed by atoms with Crippen molar-refractivity contribution in [3.05, 3.63) is 111 Å². The van der Waals surface area contributed by atoms with E-state index >= 15 is 0 Å². The Bertz CT molecular complexity index is 1290. The quantitative estimate of drug-likeness (QED) is 0.174. The Labute approximate surface area is 200 Å². The summed E-state index contributed by atoms with van der Waals surface area (Å²) >= 11 is 1.30. The minimum Gasteiger partial charge on any atom is -0.489 e. The van der Waals surface area contributed by atoms with Crippen LogP contribution in [0.5, 0.6) is 5.75 Å². The zero-order valence-electron chi connectivity index (χ0n) is 18.7. The van der Waals surface area contributed by atoms with Gasteiger partial charge in [0, 0.05) is 10.6 Å². The number of aryl methyl sites for hydroxylation is 2. The summed E-state index contributed by atoms with van der Waals surface area (Å²) in [4.78, 5) is 11.1. The van der Waals surface area contributed by atoms with Crippen molar-refractivity contribution in [2.75, 3.05) is 6.54 Å². The number of nitro groups is 1. The van der Waals surface area contributed by atoms with Gasteiger partial charge in [-0.1, -0.05) is 48.2 Å². The Kier molecular flexibility index (Phi) is 7.22. The lowest BCUT2D eigenvalue weighted by Gasteiger charge is -2.15. The first kappa shape index (κ1) is 23.4. The molecule has 4 aromatic rings. The van der Waals surface area contributed by atoms with Crippen molar-refractivity contribution < 1.29 is 14.1 Å². The van der Waals surface area contributed by atoms with Gasteiger partial charge in [0.05, 0.1) is 0 Å². The second-order valence-corrected chi connectivity index (χ2v) is 8.98. The standard InChI is InChI=1S/C25H23FN4O3S/c1-17-5-3-8-22(13-17)30-18(2)27-28-25(30)34-24(15-29(31)32)20-9-11-23(12-10-20)33-16-19-6-4-7-21(26)14-19/h3-14,24H,15-16H2,1-2H3/t24-/m1/s1. The molecular weight excluding hydrogens is 455 g/mol. The fourth-order valence-corrected chi connectivity index (χ4v) is 4.70. The molecule has 0 N–H and O–H groups in total. The van der Waals surface area contributed by atoms with Gasteiger partial charge in [-0.05, 0) is 66.9 Å². The monoisotopic (exact) mass is 478 g/mol. The minimum atomic E-state index is -0.473. The number of aromatic nitrogens is 3. The van der Waals surface area contributed by atoms with Crippen molar-refractivity contribution in [2.45, 2.75) is 30.9 Å². The lowest BCUT2D eigenvalue weighted by atomic mass is 10.1. The summed E-state index contributed by atoms with van der Waals surface area (Å²) < 4.78 is 21.0. The van der Waals surface area contributed by atoms with Gasteiger partial charge in [0.1, 0.15) is 29.2 Å². The molecule has 1 heterocycles. The van der Waals surface area contributed by atoms with E-state index in [0.717, 1.165) is 22.4 Å². The third-order valence-corrected chi connectivity index (χ3v) is 6.34. The molecule has 34 heavy (non-hydrogen) atoms. The maximum absolute atomic E-state index is 13.4. The third-order valence-electron chi connectivity index (χ3n) is 5.16. The highest BCUT2D eigenvalue weighted by Crippen LogP contribution is 2.36. The predicted octanol–water partition coefficient (Wildman–Crippen LogP) is 5.71. The first-order valence-electron chi connectivity index (χ1n) is 10.6. The van der Waals surface area contributed by atoms with Crippen molar-refractivity contribution in [1.29, 1.82) is 0 Å². The molecule has 0 amide bonds. The van der Waals surface area contributed by atoms with E-state index in [2.05, 4.69) is 10.2 Å². The summed E-state index contributed by atoms with van der Waals surface area (Å²) in [5, 5.41) is 20.0. The SMILES string of the molecule is Cc1cccc(-n2c(C)nnc2S[C@H](C[N+](=O)[O-])c2ccc(OCc3cccc(F)c3)cc2)c1. The molecule has 174 valence electrons. The van der Waals surface area contributed by atoms with E-state index in [-0.39, 0.29) is 23.9 Å². The molecule has 4 rings (SSSR count).